The lowest BCUT2D eigenvalue weighted by Gasteiger charge is -2.19. The number of anilines is 1. The fraction of sp³-hybridized carbons (Fsp3) is 0.278. The van der Waals surface area contributed by atoms with Crippen LogP contribution in [0.25, 0.3) is 11.0 Å². The average molecular weight is 321 g/mol. The van der Waals surface area contributed by atoms with Gasteiger partial charge in [-0.2, -0.15) is 0 Å². The number of nitrogens with zero attached hydrogens (tertiary/aromatic N) is 4. The predicted molar refractivity (Wildman–Crippen MR) is 93.2 cm³/mol. The molecular formula is C18H19N5O. The molecule has 0 spiro atoms. The Kier molecular flexibility index (Phi) is 3.65. The van der Waals surface area contributed by atoms with Crippen molar-refractivity contribution in [2.45, 2.75) is 6.42 Å². The molecule has 0 fully saturated rings. The highest BCUT2D eigenvalue weighted by Crippen LogP contribution is 2.26. The number of nitrogens with one attached hydrogen (secondary N) is 1. The van der Waals surface area contributed by atoms with E-state index in [-0.39, 0.29) is 5.91 Å². The summed E-state index contributed by atoms with van der Waals surface area (Å²) in [7, 11) is 1.84. The molecule has 1 aliphatic heterocycles. The normalized spacial score (nSPS) is 13.3. The highest BCUT2D eigenvalue weighted by molar-refractivity contribution is 5.97. The molecule has 122 valence electrons. The van der Waals surface area contributed by atoms with Crippen LogP contribution in [0, 0.1) is 0 Å². The van der Waals surface area contributed by atoms with Crippen LogP contribution in [0.15, 0.2) is 42.5 Å². The third kappa shape index (κ3) is 2.60. The van der Waals surface area contributed by atoms with Crippen LogP contribution in [-0.4, -0.2) is 40.5 Å². The summed E-state index contributed by atoms with van der Waals surface area (Å²) in [5, 5.41) is 11.0. The molecule has 24 heavy (non-hydrogen) atoms. The van der Waals surface area contributed by atoms with Crippen molar-refractivity contribution in [1.82, 2.24) is 20.3 Å². The van der Waals surface area contributed by atoms with Crippen molar-refractivity contribution in [2.24, 2.45) is 7.05 Å². The number of aromatic nitrogens is 3. The molecule has 3 aromatic rings. The molecule has 1 aromatic heterocycles. The highest BCUT2D eigenvalue weighted by atomic mass is 16.1. The summed E-state index contributed by atoms with van der Waals surface area (Å²) in [6.45, 7) is 2.45. The lowest BCUT2D eigenvalue weighted by atomic mass is 10.2. The Bertz CT molecular complexity index is 901. The maximum Gasteiger partial charge on any atom is 0.251 e. The van der Waals surface area contributed by atoms with E-state index in [4.69, 9.17) is 0 Å². The number of aryl methyl sites for hydroxylation is 1. The minimum absolute atomic E-state index is 0.0740. The van der Waals surface area contributed by atoms with Crippen LogP contribution in [0.2, 0.25) is 0 Å². The summed E-state index contributed by atoms with van der Waals surface area (Å²) in [5.74, 6) is -0.0740. The van der Waals surface area contributed by atoms with E-state index in [1.165, 1.54) is 11.3 Å². The number of carbonyl (C=O) groups excluding carboxylic acids is 1. The van der Waals surface area contributed by atoms with Gasteiger partial charge in [-0.15, -0.1) is 5.10 Å². The first-order chi connectivity index (χ1) is 11.7. The van der Waals surface area contributed by atoms with Gasteiger partial charge in [-0.3, -0.25) is 4.79 Å². The fourth-order valence-electron chi connectivity index (χ4n) is 3.23. The lowest BCUT2D eigenvalue weighted by Crippen LogP contribution is -2.34. The van der Waals surface area contributed by atoms with E-state index in [0.29, 0.717) is 12.1 Å². The van der Waals surface area contributed by atoms with Crippen LogP contribution >= 0.6 is 0 Å². The van der Waals surface area contributed by atoms with E-state index in [9.17, 15) is 4.79 Å². The van der Waals surface area contributed by atoms with E-state index >= 15 is 0 Å². The third-order valence-electron chi connectivity index (χ3n) is 4.52. The second-order valence-electron chi connectivity index (χ2n) is 6.04. The minimum Gasteiger partial charge on any atom is -0.369 e. The minimum atomic E-state index is -0.0740. The lowest BCUT2D eigenvalue weighted by molar-refractivity contribution is 0.0955. The molecule has 6 heteroatoms. The first-order valence-electron chi connectivity index (χ1n) is 8.13. The maximum absolute atomic E-state index is 12.3. The number of amides is 1. The third-order valence-corrected chi connectivity index (χ3v) is 4.52. The molecule has 0 bridgehead atoms. The van der Waals surface area contributed by atoms with Crippen molar-refractivity contribution in [3.8, 4) is 0 Å². The molecule has 0 aliphatic carbocycles. The Hall–Kier alpha value is -2.89. The quantitative estimate of drug-likeness (QED) is 0.795. The highest BCUT2D eigenvalue weighted by Gasteiger charge is 2.18. The summed E-state index contributed by atoms with van der Waals surface area (Å²) in [4.78, 5) is 14.7. The molecule has 1 amide bonds. The number of hydrogen-bond acceptors (Lipinski definition) is 4. The second-order valence-corrected chi connectivity index (χ2v) is 6.04. The van der Waals surface area contributed by atoms with Gasteiger partial charge >= 0.3 is 0 Å². The number of carbonyl (C=O) groups is 1. The van der Waals surface area contributed by atoms with Crippen LogP contribution in [0.4, 0.5) is 5.69 Å². The number of hydrogen-bond donors (Lipinski definition) is 1. The molecule has 2 heterocycles. The molecule has 0 atom stereocenters. The van der Waals surface area contributed by atoms with E-state index in [2.05, 4.69) is 44.8 Å². The van der Waals surface area contributed by atoms with Crippen LogP contribution in [0.3, 0.4) is 0 Å². The second kappa shape index (κ2) is 5.96. The Balaban J connectivity index is 1.38. The SMILES string of the molecule is Cn1nnc2cc(C(=O)NCCN3CCc4ccccc43)ccc21. The monoisotopic (exact) mass is 321 g/mol. The number of rotatable bonds is 4. The van der Waals surface area contributed by atoms with Gasteiger partial charge in [-0.05, 0) is 36.2 Å². The molecule has 4 rings (SSSR count). The van der Waals surface area contributed by atoms with Gasteiger partial charge in [-0.1, -0.05) is 23.4 Å². The van der Waals surface area contributed by atoms with E-state index in [1.54, 1.807) is 10.7 Å². The Morgan fingerprint density at radius 3 is 3.04 bits per heavy atom. The largest absolute Gasteiger partial charge is 0.369 e. The number of benzene rings is 2. The van der Waals surface area contributed by atoms with Gasteiger partial charge in [0.2, 0.25) is 0 Å². The summed E-state index contributed by atoms with van der Waals surface area (Å²) in [6.07, 6.45) is 1.08. The zero-order chi connectivity index (χ0) is 16.5. The first kappa shape index (κ1) is 14.7. The average Bonchev–Trinajstić information content (AvgIpc) is 3.19. The molecular weight excluding hydrogens is 302 g/mol. The van der Waals surface area contributed by atoms with E-state index in [0.717, 1.165) is 30.5 Å². The van der Waals surface area contributed by atoms with Crippen molar-refractivity contribution < 1.29 is 4.79 Å². The molecule has 2 aromatic carbocycles. The van der Waals surface area contributed by atoms with Gasteiger partial charge in [-0.25, -0.2) is 4.68 Å². The van der Waals surface area contributed by atoms with Gasteiger partial charge in [0.1, 0.15) is 5.52 Å². The summed E-state index contributed by atoms with van der Waals surface area (Å²) in [5.41, 5.74) is 4.94. The Morgan fingerprint density at radius 1 is 1.25 bits per heavy atom. The van der Waals surface area contributed by atoms with E-state index < -0.39 is 0 Å². The van der Waals surface area contributed by atoms with Crippen molar-refractivity contribution in [2.75, 3.05) is 24.5 Å². The van der Waals surface area contributed by atoms with Gasteiger partial charge < -0.3 is 10.2 Å². The molecule has 6 nitrogen and oxygen atoms in total. The molecule has 0 saturated heterocycles. The van der Waals surface area contributed by atoms with Crippen LogP contribution < -0.4 is 10.2 Å². The molecule has 0 unspecified atom stereocenters. The zero-order valence-electron chi connectivity index (χ0n) is 13.6. The Morgan fingerprint density at radius 2 is 2.12 bits per heavy atom. The zero-order valence-corrected chi connectivity index (χ0v) is 13.6. The van der Waals surface area contributed by atoms with Gasteiger partial charge in [0, 0.05) is 37.9 Å². The standard InChI is InChI=1S/C18H19N5O/c1-22-17-7-6-14(12-15(17)20-21-22)18(24)19-9-11-23-10-8-13-4-2-3-5-16(13)23/h2-7,12H,8-11H2,1H3,(H,19,24). The number of fused-ring (bicyclic) bond motifs is 2. The van der Waals surface area contributed by atoms with Gasteiger partial charge in [0.25, 0.3) is 5.91 Å². The van der Waals surface area contributed by atoms with Crippen LogP contribution in [-0.2, 0) is 13.5 Å². The summed E-state index contributed by atoms with van der Waals surface area (Å²) >= 11 is 0. The van der Waals surface area contributed by atoms with Crippen molar-refractivity contribution in [3.63, 3.8) is 0 Å². The molecule has 0 radical (unpaired) electrons. The van der Waals surface area contributed by atoms with Crippen LogP contribution in [0.5, 0.6) is 0 Å². The molecule has 0 saturated carbocycles. The maximum atomic E-state index is 12.3. The van der Waals surface area contributed by atoms with Gasteiger partial charge in [0.05, 0.1) is 5.52 Å². The van der Waals surface area contributed by atoms with Crippen LogP contribution in [0.1, 0.15) is 15.9 Å². The smallest absolute Gasteiger partial charge is 0.251 e. The van der Waals surface area contributed by atoms with Crippen molar-refractivity contribution in [3.05, 3.63) is 53.6 Å². The summed E-state index contributed by atoms with van der Waals surface area (Å²) in [6, 6.07) is 13.9. The topological polar surface area (TPSA) is 63.1 Å². The fourth-order valence-corrected chi connectivity index (χ4v) is 3.23. The number of para-hydroxylation sites is 1. The van der Waals surface area contributed by atoms with Crippen molar-refractivity contribution >= 4 is 22.6 Å². The van der Waals surface area contributed by atoms with E-state index in [1.807, 2.05) is 19.2 Å². The summed E-state index contributed by atoms with van der Waals surface area (Å²) < 4.78 is 1.70. The Labute approximate surface area is 140 Å². The van der Waals surface area contributed by atoms with Crippen molar-refractivity contribution in [1.29, 1.82) is 0 Å². The predicted octanol–water partition coefficient (Wildman–Crippen LogP) is 1.76. The van der Waals surface area contributed by atoms with Gasteiger partial charge in [0.15, 0.2) is 0 Å². The molecule has 1 aliphatic rings. The molecule has 1 N–H and O–H groups in total. The first-order valence-corrected chi connectivity index (χ1v) is 8.13.